The van der Waals surface area contributed by atoms with Crippen LogP contribution in [0.5, 0.6) is 0 Å². The van der Waals surface area contributed by atoms with Gasteiger partial charge in [0.25, 0.3) is 5.91 Å². The summed E-state index contributed by atoms with van der Waals surface area (Å²) in [5.74, 6) is -0.413. The van der Waals surface area contributed by atoms with Gasteiger partial charge in [0.15, 0.2) is 0 Å². The molecule has 1 aromatic heterocycles. The number of amides is 2. The van der Waals surface area contributed by atoms with Gasteiger partial charge in [-0.2, -0.15) is 5.10 Å². The van der Waals surface area contributed by atoms with Crippen molar-refractivity contribution in [2.75, 3.05) is 19.6 Å². The number of carbonyl (C=O) groups is 2. The first-order chi connectivity index (χ1) is 15.7. The lowest BCUT2D eigenvalue weighted by molar-refractivity contribution is -0.124. The number of hydrogen-bond donors (Lipinski definition) is 1. The Bertz CT molecular complexity index is 1140. The number of benzene rings is 2. The molecule has 0 spiro atoms. The SMILES string of the molecule is Cn1nc(C(C)(C)C)cc1C(=O)N1CCNC(=O)[C@H](Cc2ccccc2-c2ccccc2)C1. The zero-order valence-corrected chi connectivity index (χ0v) is 19.8. The Hall–Kier alpha value is -3.41. The highest BCUT2D eigenvalue weighted by atomic mass is 16.2. The van der Waals surface area contributed by atoms with Gasteiger partial charge < -0.3 is 10.2 Å². The summed E-state index contributed by atoms with van der Waals surface area (Å²) in [6.07, 6.45) is 0.569. The lowest BCUT2D eigenvalue weighted by atomic mass is 9.91. The van der Waals surface area contributed by atoms with Crippen LogP contribution in [0, 0.1) is 5.92 Å². The van der Waals surface area contributed by atoms with Crippen LogP contribution < -0.4 is 5.32 Å². The van der Waals surface area contributed by atoms with E-state index >= 15 is 0 Å². The lowest BCUT2D eigenvalue weighted by Gasteiger charge is -2.24. The Morgan fingerprint density at radius 3 is 2.48 bits per heavy atom. The van der Waals surface area contributed by atoms with Gasteiger partial charge in [0, 0.05) is 32.1 Å². The van der Waals surface area contributed by atoms with Crippen molar-refractivity contribution in [3.63, 3.8) is 0 Å². The first-order valence-electron chi connectivity index (χ1n) is 11.5. The van der Waals surface area contributed by atoms with Gasteiger partial charge in [-0.15, -0.1) is 0 Å². The summed E-state index contributed by atoms with van der Waals surface area (Å²) in [7, 11) is 1.80. The van der Waals surface area contributed by atoms with Crippen LogP contribution in [-0.2, 0) is 23.7 Å². The molecule has 1 saturated heterocycles. The molecule has 0 unspecified atom stereocenters. The van der Waals surface area contributed by atoms with Crippen LogP contribution in [0.1, 0.15) is 42.5 Å². The molecular formula is C27H32N4O2. The number of aryl methyl sites for hydroxylation is 1. The van der Waals surface area contributed by atoms with Crippen molar-refractivity contribution in [2.24, 2.45) is 13.0 Å². The number of aromatic nitrogens is 2. The van der Waals surface area contributed by atoms with Gasteiger partial charge in [-0.3, -0.25) is 14.3 Å². The number of carbonyl (C=O) groups excluding carboxylic acids is 2. The van der Waals surface area contributed by atoms with Crippen molar-refractivity contribution in [1.29, 1.82) is 0 Å². The van der Waals surface area contributed by atoms with Crippen molar-refractivity contribution >= 4 is 11.8 Å². The van der Waals surface area contributed by atoms with Gasteiger partial charge in [0.1, 0.15) is 5.69 Å². The van der Waals surface area contributed by atoms with E-state index in [9.17, 15) is 9.59 Å². The highest BCUT2D eigenvalue weighted by molar-refractivity contribution is 5.93. The fourth-order valence-electron chi connectivity index (χ4n) is 4.30. The van der Waals surface area contributed by atoms with Gasteiger partial charge >= 0.3 is 0 Å². The maximum Gasteiger partial charge on any atom is 0.272 e. The molecule has 1 fully saturated rings. The van der Waals surface area contributed by atoms with Crippen molar-refractivity contribution in [3.05, 3.63) is 77.6 Å². The third-order valence-electron chi connectivity index (χ3n) is 6.22. The highest BCUT2D eigenvalue weighted by Gasteiger charge is 2.31. The van der Waals surface area contributed by atoms with Gasteiger partial charge in [-0.1, -0.05) is 75.4 Å². The molecule has 2 aromatic carbocycles. The smallest absolute Gasteiger partial charge is 0.272 e. The van der Waals surface area contributed by atoms with Crippen LogP contribution in [0.2, 0.25) is 0 Å². The first-order valence-corrected chi connectivity index (χ1v) is 11.5. The second-order valence-electron chi connectivity index (χ2n) is 9.75. The second kappa shape index (κ2) is 9.22. The molecule has 6 nitrogen and oxygen atoms in total. The molecule has 3 aromatic rings. The number of nitrogens with zero attached hydrogens (tertiary/aromatic N) is 3. The third-order valence-corrected chi connectivity index (χ3v) is 6.22. The quantitative estimate of drug-likeness (QED) is 0.665. The summed E-state index contributed by atoms with van der Waals surface area (Å²) in [6, 6.07) is 20.3. The average molecular weight is 445 g/mol. The van der Waals surface area contributed by atoms with Crippen LogP contribution in [0.15, 0.2) is 60.7 Å². The van der Waals surface area contributed by atoms with Crippen molar-refractivity contribution in [3.8, 4) is 11.1 Å². The first kappa shape index (κ1) is 22.8. The maximum atomic E-state index is 13.4. The fourth-order valence-corrected chi connectivity index (χ4v) is 4.30. The summed E-state index contributed by atoms with van der Waals surface area (Å²) in [5, 5.41) is 7.55. The van der Waals surface area contributed by atoms with Gasteiger partial charge in [-0.25, -0.2) is 0 Å². The summed E-state index contributed by atoms with van der Waals surface area (Å²) in [5.41, 5.74) is 4.64. The minimum Gasteiger partial charge on any atom is -0.354 e. The third kappa shape index (κ3) is 5.00. The van der Waals surface area contributed by atoms with E-state index in [-0.39, 0.29) is 23.1 Å². The molecule has 6 heteroatoms. The Kier molecular flexibility index (Phi) is 6.36. The molecule has 1 aliphatic heterocycles. The average Bonchev–Trinajstić information content (AvgIpc) is 3.10. The molecular weight excluding hydrogens is 412 g/mol. The Morgan fingerprint density at radius 1 is 1.09 bits per heavy atom. The summed E-state index contributed by atoms with van der Waals surface area (Å²) in [6.45, 7) is 7.56. The standard InChI is InChI=1S/C27H32N4O2/c1-27(2,3)24-17-23(30(4)29-24)26(33)31-15-14-28-25(32)21(18-31)16-20-12-8-9-13-22(20)19-10-6-5-7-11-19/h5-13,17,21H,14-16,18H2,1-4H3,(H,28,32)/t21-/m1/s1. The summed E-state index contributed by atoms with van der Waals surface area (Å²) < 4.78 is 1.66. The molecule has 2 heterocycles. The molecule has 1 atom stereocenters. The monoisotopic (exact) mass is 444 g/mol. The van der Waals surface area contributed by atoms with E-state index in [1.54, 1.807) is 16.6 Å². The molecule has 172 valence electrons. The van der Waals surface area contributed by atoms with Crippen LogP contribution in [0.3, 0.4) is 0 Å². The Morgan fingerprint density at radius 2 is 1.79 bits per heavy atom. The molecule has 0 bridgehead atoms. The van der Waals surface area contributed by atoms with Crippen molar-refractivity contribution in [2.45, 2.75) is 32.6 Å². The molecule has 0 radical (unpaired) electrons. The van der Waals surface area contributed by atoms with E-state index in [4.69, 9.17) is 0 Å². The molecule has 2 amide bonds. The Balaban J connectivity index is 1.58. The van der Waals surface area contributed by atoms with E-state index in [2.05, 4.69) is 55.5 Å². The topological polar surface area (TPSA) is 67.2 Å². The molecule has 33 heavy (non-hydrogen) atoms. The summed E-state index contributed by atoms with van der Waals surface area (Å²) in [4.78, 5) is 28.1. The minimum absolute atomic E-state index is 0.00597. The van der Waals surface area contributed by atoms with E-state index < -0.39 is 0 Å². The predicted molar refractivity (Wildman–Crippen MR) is 130 cm³/mol. The van der Waals surface area contributed by atoms with E-state index in [0.717, 1.165) is 22.4 Å². The molecule has 1 aliphatic rings. The number of hydrogen-bond acceptors (Lipinski definition) is 3. The van der Waals surface area contributed by atoms with Crippen LogP contribution in [0.25, 0.3) is 11.1 Å². The molecule has 1 N–H and O–H groups in total. The van der Waals surface area contributed by atoms with E-state index in [1.165, 1.54) is 0 Å². The zero-order chi connectivity index (χ0) is 23.6. The molecule has 0 aliphatic carbocycles. The van der Waals surface area contributed by atoms with Gasteiger partial charge in [0.05, 0.1) is 11.6 Å². The maximum absolute atomic E-state index is 13.4. The number of nitrogens with one attached hydrogen (secondary N) is 1. The van der Waals surface area contributed by atoms with Crippen molar-refractivity contribution < 1.29 is 9.59 Å². The largest absolute Gasteiger partial charge is 0.354 e. The summed E-state index contributed by atoms with van der Waals surface area (Å²) >= 11 is 0. The van der Waals surface area contributed by atoms with Gasteiger partial charge in [0.2, 0.25) is 5.91 Å². The van der Waals surface area contributed by atoms with Gasteiger partial charge in [-0.05, 0) is 29.2 Å². The Labute approximate surface area is 195 Å². The van der Waals surface area contributed by atoms with E-state index in [1.807, 2.05) is 36.4 Å². The number of rotatable bonds is 4. The zero-order valence-electron chi connectivity index (χ0n) is 19.8. The van der Waals surface area contributed by atoms with E-state index in [0.29, 0.717) is 31.7 Å². The normalized spacial score (nSPS) is 16.9. The van der Waals surface area contributed by atoms with Crippen LogP contribution >= 0.6 is 0 Å². The van der Waals surface area contributed by atoms with Crippen LogP contribution in [-0.4, -0.2) is 46.1 Å². The molecule has 0 saturated carbocycles. The molecule has 4 rings (SSSR count). The highest BCUT2D eigenvalue weighted by Crippen LogP contribution is 2.27. The van der Waals surface area contributed by atoms with Crippen molar-refractivity contribution in [1.82, 2.24) is 20.0 Å². The lowest BCUT2D eigenvalue weighted by Crippen LogP contribution is -2.38. The predicted octanol–water partition coefficient (Wildman–Crippen LogP) is 3.82. The minimum atomic E-state index is -0.323. The van der Waals surface area contributed by atoms with Crippen LogP contribution in [0.4, 0.5) is 0 Å². The second-order valence-corrected chi connectivity index (χ2v) is 9.75. The fraction of sp³-hybridized carbons (Fsp3) is 0.370.